The highest BCUT2D eigenvalue weighted by molar-refractivity contribution is 5.90. The lowest BCUT2D eigenvalue weighted by Crippen LogP contribution is -2.66. The fraction of sp³-hybridized carbons (Fsp3) is 0.750. The summed E-state index contributed by atoms with van der Waals surface area (Å²) in [6.45, 7) is 0.209. The van der Waals surface area contributed by atoms with Gasteiger partial charge in [-0.3, -0.25) is 9.59 Å². The second kappa shape index (κ2) is 7.11. The first kappa shape index (κ1) is 18.5. The summed E-state index contributed by atoms with van der Waals surface area (Å²) in [4.78, 5) is 34.5. The van der Waals surface area contributed by atoms with Gasteiger partial charge in [0.1, 0.15) is 12.2 Å². The van der Waals surface area contributed by atoms with Crippen molar-refractivity contribution in [3.63, 3.8) is 0 Å². The fourth-order valence-electron chi connectivity index (χ4n) is 2.21. The van der Waals surface area contributed by atoms with E-state index in [2.05, 4.69) is 5.32 Å². The first-order valence-corrected chi connectivity index (χ1v) is 6.42. The minimum absolute atomic E-state index is 0.539. The Hall–Kier alpha value is -1.59. The van der Waals surface area contributed by atoms with Gasteiger partial charge in [-0.2, -0.15) is 0 Å². The molecule has 0 saturated carbocycles. The SMILES string of the molecule is CO[C@@]1(C(=O)O)C[C@H](O)[C@@H](NC(C)=O)[C@H](C(=O)[C@H](O)CO)O1. The monoisotopic (exact) mass is 321 g/mol. The van der Waals surface area contributed by atoms with Crippen LogP contribution in [0.5, 0.6) is 0 Å². The van der Waals surface area contributed by atoms with Gasteiger partial charge in [-0.25, -0.2) is 4.79 Å². The summed E-state index contributed by atoms with van der Waals surface area (Å²) in [7, 11) is 1.02. The predicted octanol–water partition coefficient (Wildman–Crippen LogP) is -3.01. The molecule has 1 amide bonds. The molecule has 10 heteroatoms. The largest absolute Gasteiger partial charge is 0.477 e. The van der Waals surface area contributed by atoms with E-state index in [1.165, 1.54) is 0 Å². The number of aliphatic carboxylic acids is 1. The number of carbonyl (C=O) groups excluding carboxylic acids is 2. The van der Waals surface area contributed by atoms with Gasteiger partial charge < -0.3 is 35.2 Å². The number of aliphatic hydroxyl groups excluding tert-OH is 3. The van der Waals surface area contributed by atoms with Crippen LogP contribution in [0.1, 0.15) is 13.3 Å². The molecule has 22 heavy (non-hydrogen) atoms. The number of amides is 1. The lowest BCUT2D eigenvalue weighted by atomic mass is 9.89. The lowest BCUT2D eigenvalue weighted by molar-refractivity contribution is -0.282. The van der Waals surface area contributed by atoms with Crippen molar-refractivity contribution < 1.29 is 44.3 Å². The van der Waals surface area contributed by atoms with Crippen LogP contribution in [0.25, 0.3) is 0 Å². The third-order valence-electron chi connectivity index (χ3n) is 3.34. The summed E-state index contributed by atoms with van der Waals surface area (Å²) in [5.41, 5.74) is 0. The Bertz CT molecular complexity index is 454. The number of nitrogens with one attached hydrogen (secondary N) is 1. The van der Waals surface area contributed by atoms with Gasteiger partial charge in [0.15, 0.2) is 5.78 Å². The Morgan fingerprint density at radius 3 is 2.45 bits per heavy atom. The smallest absolute Gasteiger partial charge is 0.364 e. The van der Waals surface area contributed by atoms with Crippen LogP contribution in [0.4, 0.5) is 0 Å². The number of carbonyl (C=O) groups is 3. The molecule has 0 aromatic heterocycles. The van der Waals surface area contributed by atoms with Crippen LogP contribution >= 0.6 is 0 Å². The topological polar surface area (TPSA) is 163 Å². The number of carboxylic acids is 1. The molecule has 5 atom stereocenters. The lowest BCUT2D eigenvalue weighted by Gasteiger charge is -2.43. The Labute approximate surface area is 125 Å². The molecule has 10 nitrogen and oxygen atoms in total. The van der Waals surface area contributed by atoms with Crippen LogP contribution in [-0.2, 0) is 23.9 Å². The maximum Gasteiger partial charge on any atom is 0.364 e. The molecule has 0 bridgehead atoms. The zero-order valence-corrected chi connectivity index (χ0v) is 12.1. The van der Waals surface area contributed by atoms with Gasteiger partial charge in [0, 0.05) is 20.5 Å². The molecule has 1 heterocycles. The minimum Gasteiger partial charge on any atom is -0.477 e. The van der Waals surface area contributed by atoms with Gasteiger partial charge in [-0.1, -0.05) is 0 Å². The number of rotatable bonds is 6. The van der Waals surface area contributed by atoms with Crippen LogP contribution in [0.15, 0.2) is 0 Å². The van der Waals surface area contributed by atoms with Crippen molar-refractivity contribution in [1.82, 2.24) is 5.32 Å². The second-order valence-corrected chi connectivity index (χ2v) is 4.90. The maximum absolute atomic E-state index is 12.0. The Morgan fingerprint density at radius 2 is 2.05 bits per heavy atom. The summed E-state index contributed by atoms with van der Waals surface area (Å²) in [6, 6.07) is -1.28. The zero-order valence-electron chi connectivity index (χ0n) is 12.1. The van der Waals surface area contributed by atoms with E-state index in [1.807, 2.05) is 0 Å². The normalized spacial score (nSPS) is 33.0. The molecule has 0 spiro atoms. The van der Waals surface area contributed by atoms with Crippen LogP contribution < -0.4 is 5.32 Å². The third kappa shape index (κ3) is 3.59. The highest BCUT2D eigenvalue weighted by atomic mass is 16.7. The molecule has 1 saturated heterocycles. The molecule has 126 valence electrons. The number of ketones is 1. The zero-order chi connectivity index (χ0) is 17.1. The molecular formula is C12H19NO9. The van der Waals surface area contributed by atoms with Gasteiger partial charge in [-0.15, -0.1) is 0 Å². The molecule has 0 aromatic rings. The summed E-state index contributed by atoms with van der Waals surface area (Å²) >= 11 is 0. The molecule has 1 rings (SSSR count). The molecule has 0 unspecified atom stereocenters. The first-order chi connectivity index (χ1) is 10.2. The van der Waals surface area contributed by atoms with Gasteiger partial charge >= 0.3 is 5.97 Å². The summed E-state index contributed by atoms with van der Waals surface area (Å²) in [5, 5.41) is 39.8. The van der Waals surface area contributed by atoms with E-state index in [0.717, 1.165) is 14.0 Å². The first-order valence-electron chi connectivity index (χ1n) is 6.42. The van der Waals surface area contributed by atoms with E-state index < -0.39 is 60.8 Å². The summed E-state index contributed by atoms with van der Waals surface area (Å²) in [5.74, 6) is -5.55. The molecular weight excluding hydrogens is 302 g/mol. The van der Waals surface area contributed by atoms with Crippen molar-refractivity contribution >= 4 is 17.7 Å². The molecule has 1 aliphatic rings. The number of hydrogen-bond donors (Lipinski definition) is 5. The van der Waals surface area contributed by atoms with Crippen LogP contribution in [0.2, 0.25) is 0 Å². The number of aliphatic hydroxyl groups is 3. The summed E-state index contributed by atoms with van der Waals surface area (Å²) < 4.78 is 9.90. The van der Waals surface area contributed by atoms with Crippen molar-refractivity contribution in [2.24, 2.45) is 0 Å². The highest BCUT2D eigenvalue weighted by Gasteiger charge is 2.55. The van der Waals surface area contributed by atoms with E-state index >= 15 is 0 Å². The van der Waals surface area contributed by atoms with E-state index in [0.29, 0.717) is 0 Å². The highest BCUT2D eigenvalue weighted by Crippen LogP contribution is 2.31. The number of ether oxygens (including phenoxy) is 2. The fourth-order valence-corrected chi connectivity index (χ4v) is 2.21. The Kier molecular flexibility index (Phi) is 5.97. The maximum atomic E-state index is 12.0. The van der Waals surface area contributed by atoms with Crippen molar-refractivity contribution in [2.75, 3.05) is 13.7 Å². The van der Waals surface area contributed by atoms with Crippen LogP contribution in [-0.4, -0.2) is 81.9 Å². The van der Waals surface area contributed by atoms with Gasteiger partial charge in [0.25, 0.3) is 5.79 Å². The average molecular weight is 321 g/mol. The minimum atomic E-state index is -2.30. The summed E-state index contributed by atoms with van der Waals surface area (Å²) in [6.07, 6.45) is -5.57. The molecule has 1 aliphatic heterocycles. The predicted molar refractivity (Wildman–Crippen MR) is 68.6 cm³/mol. The number of Topliss-reactive ketones (excluding diaryl/α,β-unsaturated/α-hetero) is 1. The Balaban J connectivity index is 3.17. The van der Waals surface area contributed by atoms with Crippen LogP contribution in [0, 0.1) is 0 Å². The average Bonchev–Trinajstić information content (AvgIpc) is 2.46. The standard InChI is InChI=1S/C12H19NO9/c1-5(15)13-8-6(16)3-12(21-2,11(19)20)22-10(8)9(18)7(17)4-14/h6-8,10,14,16-17H,3-4H2,1-2H3,(H,13,15)(H,19,20)/t6-,7+,8+,10+,12-/m0/s1. The second-order valence-electron chi connectivity index (χ2n) is 4.90. The van der Waals surface area contributed by atoms with E-state index in [-0.39, 0.29) is 0 Å². The van der Waals surface area contributed by atoms with Crippen LogP contribution in [0.3, 0.4) is 0 Å². The van der Waals surface area contributed by atoms with E-state index in [4.69, 9.17) is 14.6 Å². The molecule has 1 fully saturated rings. The van der Waals surface area contributed by atoms with E-state index in [1.54, 1.807) is 0 Å². The molecule has 5 N–H and O–H groups in total. The van der Waals surface area contributed by atoms with E-state index in [9.17, 15) is 29.7 Å². The quantitative estimate of drug-likeness (QED) is 0.343. The van der Waals surface area contributed by atoms with Crippen molar-refractivity contribution in [1.29, 1.82) is 0 Å². The molecule has 0 aromatic carbocycles. The van der Waals surface area contributed by atoms with Crippen molar-refractivity contribution in [3.8, 4) is 0 Å². The van der Waals surface area contributed by atoms with Crippen molar-refractivity contribution in [3.05, 3.63) is 0 Å². The number of carboxylic acid groups (broad SMARTS) is 1. The number of methoxy groups -OCH3 is 1. The van der Waals surface area contributed by atoms with Gasteiger partial charge in [0.2, 0.25) is 5.91 Å². The Morgan fingerprint density at radius 1 is 1.45 bits per heavy atom. The van der Waals surface area contributed by atoms with Gasteiger partial charge in [0.05, 0.1) is 18.8 Å². The molecule has 0 radical (unpaired) electrons. The molecule has 0 aliphatic carbocycles. The third-order valence-corrected chi connectivity index (χ3v) is 3.34. The van der Waals surface area contributed by atoms with Gasteiger partial charge in [-0.05, 0) is 0 Å². The number of hydrogen-bond acceptors (Lipinski definition) is 8. The van der Waals surface area contributed by atoms with Crippen molar-refractivity contribution in [2.45, 2.75) is 43.5 Å².